The van der Waals surface area contributed by atoms with Crippen LogP contribution in [0.3, 0.4) is 0 Å². The normalized spacial score (nSPS) is 12.5. The van der Waals surface area contributed by atoms with Gasteiger partial charge in [-0.1, -0.05) is 48.5 Å². The molecule has 7 nitrogen and oxygen atoms in total. The Bertz CT molecular complexity index is 6590. The SMILES string of the molecule is Cc1cc(C)c2c(c1C)Cc1c(C)cncc1-2.Cc1cc(C)c2c(c1C)Cc1ccnc(C)c1-2.Cc1cc2c(c(C)c1C)Cc1c(C)cncc1-2.Cc1cc2c(c(C)c1C)Cc1ccnc(C)c1-2.Cc1cc2c(c(C)n1)-c1ccc(C)c(C)c1C2.Cc1cc2c(cn1)-c1c(C)cc(C)c(C)c1C2.Cc1cc2c(cn1)-c1cc(C)c(C)c(C)c1C2. The number of benzene rings is 7. The molecule has 7 heteroatoms. The molecule has 119 heavy (non-hydrogen) atoms. The molecule has 602 valence electrons. The maximum absolute atomic E-state index is 4.60. The molecule has 0 atom stereocenters. The Morgan fingerprint density at radius 1 is 0.185 bits per heavy atom. The van der Waals surface area contributed by atoms with E-state index in [0.29, 0.717) is 0 Å². The Kier molecular flexibility index (Phi) is 22.5. The molecule has 0 saturated carbocycles. The lowest BCUT2D eigenvalue weighted by Gasteiger charge is -2.12. The lowest BCUT2D eigenvalue weighted by atomic mass is 9.93. The van der Waals surface area contributed by atoms with Gasteiger partial charge in [0.25, 0.3) is 0 Å². The summed E-state index contributed by atoms with van der Waals surface area (Å²) >= 11 is 0. The number of aryl methyl sites for hydroxylation is 18. The van der Waals surface area contributed by atoms with Crippen LogP contribution in [-0.4, -0.2) is 34.9 Å². The molecular weight excluding hydrogens is 1440 g/mol. The Morgan fingerprint density at radius 3 is 1.13 bits per heavy atom. The van der Waals surface area contributed by atoms with E-state index < -0.39 is 0 Å². The molecular formula is C112H119N7. The summed E-state index contributed by atoms with van der Waals surface area (Å²) in [6, 6.07) is 29.4. The summed E-state index contributed by atoms with van der Waals surface area (Å²) in [7, 11) is 0. The number of nitrogens with zero attached hydrogens (tertiary/aromatic N) is 7. The van der Waals surface area contributed by atoms with Crippen molar-refractivity contribution in [2.75, 3.05) is 0 Å². The van der Waals surface area contributed by atoms with Crippen LogP contribution < -0.4 is 0 Å². The number of hydrogen-bond donors (Lipinski definition) is 0. The average Bonchev–Trinajstić information content (AvgIpc) is 1.59. The highest BCUT2D eigenvalue weighted by atomic mass is 14.7. The molecule has 7 heterocycles. The highest BCUT2D eigenvalue weighted by Gasteiger charge is 2.31. The minimum atomic E-state index is 1.07. The van der Waals surface area contributed by atoms with Gasteiger partial charge in [0.05, 0.1) is 0 Å². The van der Waals surface area contributed by atoms with E-state index in [1.54, 1.807) is 0 Å². The first kappa shape index (κ1) is 82.7. The van der Waals surface area contributed by atoms with Crippen molar-refractivity contribution in [2.24, 2.45) is 0 Å². The van der Waals surface area contributed by atoms with Gasteiger partial charge >= 0.3 is 0 Å². The molecule has 7 aliphatic carbocycles. The average molecular weight is 1560 g/mol. The first-order valence-electron chi connectivity index (χ1n) is 42.9. The van der Waals surface area contributed by atoms with Crippen LogP contribution in [0.2, 0.25) is 0 Å². The van der Waals surface area contributed by atoms with Crippen molar-refractivity contribution in [1.82, 2.24) is 34.9 Å². The highest BCUT2D eigenvalue weighted by molar-refractivity contribution is 5.87. The van der Waals surface area contributed by atoms with Crippen LogP contribution in [0.5, 0.6) is 0 Å². The number of rotatable bonds is 0. The van der Waals surface area contributed by atoms with E-state index in [1.807, 2.05) is 49.6 Å². The van der Waals surface area contributed by atoms with Crippen molar-refractivity contribution in [3.63, 3.8) is 0 Å². The van der Waals surface area contributed by atoms with E-state index in [4.69, 9.17) is 0 Å². The van der Waals surface area contributed by atoms with E-state index >= 15 is 0 Å². The Morgan fingerprint density at radius 2 is 0.555 bits per heavy atom. The molecule has 0 radical (unpaired) electrons. The summed E-state index contributed by atoms with van der Waals surface area (Å²) < 4.78 is 0. The Labute approximate surface area is 709 Å². The quantitative estimate of drug-likeness (QED) is 0.149. The van der Waals surface area contributed by atoms with E-state index in [-0.39, 0.29) is 0 Å². The molecule has 7 aliphatic rings. The smallest absolute Gasteiger partial charge is 0.0457 e. The monoisotopic (exact) mass is 1560 g/mol. The third kappa shape index (κ3) is 14.9. The third-order valence-corrected chi connectivity index (χ3v) is 28.4. The van der Waals surface area contributed by atoms with Crippen molar-refractivity contribution < 1.29 is 0 Å². The lowest BCUT2D eigenvalue weighted by molar-refractivity contribution is 1.10. The van der Waals surface area contributed by atoms with Crippen molar-refractivity contribution >= 4 is 0 Å². The molecule has 0 N–H and O–H groups in total. The Hall–Kier alpha value is -11.4. The van der Waals surface area contributed by atoms with Gasteiger partial charge in [0.15, 0.2) is 0 Å². The van der Waals surface area contributed by atoms with Gasteiger partial charge in [0.1, 0.15) is 0 Å². The van der Waals surface area contributed by atoms with Gasteiger partial charge in [0.2, 0.25) is 0 Å². The maximum Gasteiger partial charge on any atom is 0.0457 e. The molecule has 7 aromatic carbocycles. The molecule has 0 aliphatic heterocycles. The van der Waals surface area contributed by atoms with E-state index in [1.165, 1.54) is 284 Å². The zero-order valence-corrected chi connectivity index (χ0v) is 76.2. The second-order valence-electron chi connectivity index (χ2n) is 35.8. The van der Waals surface area contributed by atoms with Gasteiger partial charge in [-0.05, 0) is 508 Å². The fourth-order valence-electron chi connectivity index (χ4n) is 20.5. The molecule has 7 aromatic heterocycles. The molecule has 0 bridgehead atoms. The van der Waals surface area contributed by atoms with Crippen molar-refractivity contribution in [1.29, 1.82) is 0 Å². The van der Waals surface area contributed by atoms with Crippen LogP contribution in [0.4, 0.5) is 0 Å². The molecule has 0 saturated heterocycles. The molecule has 0 spiro atoms. The lowest BCUT2D eigenvalue weighted by Crippen LogP contribution is -1.94. The van der Waals surface area contributed by atoms with E-state index in [9.17, 15) is 0 Å². The fourth-order valence-corrected chi connectivity index (χ4v) is 20.5. The van der Waals surface area contributed by atoms with Crippen molar-refractivity contribution in [2.45, 2.75) is 239 Å². The summed E-state index contributed by atoms with van der Waals surface area (Å²) in [5, 5.41) is 0. The van der Waals surface area contributed by atoms with E-state index in [0.717, 1.165) is 73.4 Å². The predicted molar refractivity (Wildman–Crippen MR) is 500 cm³/mol. The van der Waals surface area contributed by atoms with Gasteiger partial charge in [-0.3, -0.25) is 34.9 Å². The van der Waals surface area contributed by atoms with Crippen LogP contribution in [0.25, 0.3) is 77.9 Å². The summed E-state index contributed by atoms with van der Waals surface area (Å²) in [6.45, 7) is 61.2. The van der Waals surface area contributed by atoms with Gasteiger partial charge in [-0.2, -0.15) is 0 Å². The second-order valence-corrected chi connectivity index (χ2v) is 35.8. The van der Waals surface area contributed by atoms with Crippen molar-refractivity contribution in [3.8, 4) is 77.9 Å². The maximum atomic E-state index is 4.60. The van der Waals surface area contributed by atoms with Crippen molar-refractivity contribution in [3.05, 3.63) is 363 Å². The van der Waals surface area contributed by atoms with Crippen LogP contribution in [-0.2, 0) is 44.9 Å². The van der Waals surface area contributed by atoms with Crippen LogP contribution >= 0.6 is 0 Å². The number of aromatic nitrogens is 7. The largest absolute Gasteiger partial charge is 0.264 e. The first-order chi connectivity index (χ1) is 56.6. The molecule has 0 unspecified atom stereocenters. The van der Waals surface area contributed by atoms with Crippen LogP contribution in [0, 0.1) is 194 Å². The number of fused-ring (bicyclic) bond motifs is 21. The molecule has 14 aromatic rings. The highest BCUT2D eigenvalue weighted by Crippen LogP contribution is 2.49. The second kappa shape index (κ2) is 32.4. The number of pyridine rings is 7. The fraction of sp³-hybridized carbons (Fsp3) is 0.312. The van der Waals surface area contributed by atoms with Gasteiger partial charge in [0, 0.05) is 123 Å². The van der Waals surface area contributed by atoms with Crippen LogP contribution in [0.1, 0.15) is 234 Å². The Balaban J connectivity index is 0.000000108. The summed E-state index contributed by atoms with van der Waals surface area (Å²) in [4.78, 5) is 31.0. The van der Waals surface area contributed by atoms with E-state index in [2.05, 4.69) is 308 Å². The first-order valence-corrected chi connectivity index (χ1v) is 42.9. The summed E-state index contributed by atoms with van der Waals surface area (Å²) in [5.41, 5.74) is 77.8. The molecule has 0 fully saturated rings. The molecule has 21 rings (SSSR count). The third-order valence-electron chi connectivity index (χ3n) is 28.4. The zero-order valence-electron chi connectivity index (χ0n) is 76.2. The van der Waals surface area contributed by atoms with Gasteiger partial charge in [-0.25, -0.2) is 0 Å². The van der Waals surface area contributed by atoms with Gasteiger partial charge < -0.3 is 0 Å². The topological polar surface area (TPSA) is 90.2 Å². The van der Waals surface area contributed by atoms with Gasteiger partial charge in [-0.15, -0.1) is 0 Å². The minimum absolute atomic E-state index is 1.07. The number of hydrogen-bond acceptors (Lipinski definition) is 7. The zero-order chi connectivity index (χ0) is 85.1. The summed E-state index contributed by atoms with van der Waals surface area (Å²) in [5.74, 6) is 0. The minimum Gasteiger partial charge on any atom is -0.264 e. The standard InChI is InChI=1S/7C16H17N/c1-9-5-15-14(12(4)11(9)3)6-13-10(2)7-17-8-16(13)15;1-9-5-15-14(12(4)11(9)3)7-13-6-10(2)17-8-16(13)15;1-9-5-10(2)16-14(12(9)4)6-13-11(3)7-17-8-15(13)16;1-9-5-10(2)16-14(12(9)4)7-13-6-11(3)17-8-15(13)16;1-9-7-15-14(11(3)10(9)2)8-13-5-6-17-12(4)16(13)15;1-9-7-10(2)15-14(11(9)3)8-13-5-6-17-12(4)16(13)15;1-9-5-6-14-15(11(9)3)8-13-7-10(2)17-12(4)16(13)14/h5,7-8H,6H2,1-4H3;5-6,8H,7H2,1-4H3;5,7-8H,6H2,1-4H3;5-6,8H,7H2,1-4H3;3*5-7H,8H2,1-4H3. The predicted octanol–water partition coefficient (Wildman–Crippen LogP) is 27.2. The summed E-state index contributed by atoms with van der Waals surface area (Å²) in [6.07, 6.45) is 23.4. The van der Waals surface area contributed by atoms with Crippen LogP contribution in [0.15, 0.2) is 128 Å². The molecule has 0 amide bonds.